The van der Waals surface area contributed by atoms with Crippen molar-refractivity contribution < 1.29 is 22.5 Å². The lowest BCUT2D eigenvalue weighted by atomic mass is 9.79. The molecule has 0 saturated carbocycles. The summed E-state index contributed by atoms with van der Waals surface area (Å²) in [6.07, 6.45) is -4.93. The SMILES string of the molecule is Cn1c(=O)c2c(Nc3cccc(B4OC(C)(C)C(C)(C)O4)c3Cl)nc(C(F)(F)F)nc2n(C)c1=O. The van der Waals surface area contributed by atoms with Crippen LogP contribution in [-0.2, 0) is 29.6 Å². The summed E-state index contributed by atoms with van der Waals surface area (Å²) in [5, 5.41) is 2.52. The molecular weight excluding hydrogens is 490 g/mol. The number of hydrogen-bond acceptors (Lipinski definition) is 7. The molecule has 0 bridgehead atoms. The van der Waals surface area contributed by atoms with Gasteiger partial charge in [-0.1, -0.05) is 23.7 Å². The minimum Gasteiger partial charge on any atom is -0.399 e. The van der Waals surface area contributed by atoms with Gasteiger partial charge < -0.3 is 14.6 Å². The number of benzene rings is 1. The molecule has 2 aromatic heterocycles. The first-order valence-corrected chi connectivity index (χ1v) is 10.9. The van der Waals surface area contributed by atoms with E-state index >= 15 is 0 Å². The first kappa shape index (κ1) is 25.2. The normalized spacial score (nSPS) is 17.3. The fraction of sp³-hybridized carbons (Fsp3) is 0.429. The average Bonchev–Trinajstić information content (AvgIpc) is 2.97. The minimum absolute atomic E-state index is 0.105. The summed E-state index contributed by atoms with van der Waals surface area (Å²) < 4.78 is 54.3. The number of anilines is 2. The first-order valence-electron chi connectivity index (χ1n) is 10.5. The summed E-state index contributed by atoms with van der Waals surface area (Å²) in [7, 11) is 1.58. The van der Waals surface area contributed by atoms with E-state index in [0.29, 0.717) is 5.46 Å². The number of aryl methyl sites for hydroxylation is 1. The maximum atomic E-state index is 13.6. The van der Waals surface area contributed by atoms with Crippen molar-refractivity contribution in [2.75, 3.05) is 5.32 Å². The molecule has 0 unspecified atom stereocenters. The Labute approximate surface area is 203 Å². The molecule has 3 aromatic rings. The smallest absolute Gasteiger partial charge is 0.399 e. The van der Waals surface area contributed by atoms with Gasteiger partial charge in [-0.3, -0.25) is 13.9 Å². The van der Waals surface area contributed by atoms with Crippen LogP contribution in [-0.4, -0.2) is 37.4 Å². The lowest BCUT2D eigenvalue weighted by Crippen LogP contribution is -2.41. The number of fused-ring (bicyclic) bond motifs is 1. The molecule has 1 fully saturated rings. The van der Waals surface area contributed by atoms with Gasteiger partial charge in [0.2, 0.25) is 5.82 Å². The predicted molar refractivity (Wildman–Crippen MR) is 125 cm³/mol. The molecule has 1 aliphatic heterocycles. The zero-order valence-electron chi connectivity index (χ0n) is 19.7. The van der Waals surface area contributed by atoms with Crippen LogP contribution in [0.1, 0.15) is 33.5 Å². The third kappa shape index (κ3) is 4.11. The third-order valence-electron chi connectivity index (χ3n) is 6.34. The van der Waals surface area contributed by atoms with Crippen molar-refractivity contribution in [3.05, 3.63) is 49.9 Å². The maximum absolute atomic E-state index is 13.6. The van der Waals surface area contributed by atoms with Gasteiger partial charge in [-0.05, 0) is 33.8 Å². The van der Waals surface area contributed by atoms with Crippen LogP contribution in [0.3, 0.4) is 0 Å². The van der Waals surface area contributed by atoms with Gasteiger partial charge in [0.15, 0.2) is 5.65 Å². The van der Waals surface area contributed by atoms with Crippen molar-refractivity contribution in [3.63, 3.8) is 0 Å². The second kappa shape index (κ2) is 8.07. The van der Waals surface area contributed by atoms with E-state index in [4.69, 9.17) is 20.9 Å². The molecule has 3 heterocycles. The Balaban J connectivity index is 1.89. The molecule has 0 atom stereocenters. The highest BCUT2D eigenvalue weighted by Gasteiger charge is 2.52. The highest BCUT2D eigenvalue weighted by atomic mass is 35.5. The van der Waals surface area contributed by atoms with Crippen LogP contribution in [0.2, 0.25) is 5.02 Å². The van der Waals surface area contributed by atoms with Gasteiger partial charge in [0, 0.05) is 19.6 Å². The van der Waals surface area contributed by atoms with E-state index in [1.54, 1.807) is 12.1 Å². The van der Waals surface area contributed by atoms with Gasteiger partial charge >= 0.3 is 19.0 Å². The molecule has 14 heteroatoms. The topological polar surface area (TPSA) is 100 Å². The number of rotatable bonds is 3. The molecular formula is C21H22BClF3N5O4. The zero-order valence-corrected chi connectivity index (χ0v) is 20.5. The largest absolute Gasteiger partial charge is 0.496 e. The highest BCUT2D eigenvalue weighted by molar-refractivity contribution is 6.66. The highest BCUT2D eigenvalue weighted by Crippen LogP contribution is 2.38. The predicted octanol–water partition coefficient (Wildman–Crippen LogP) is 2.74. The van der Waals surface area contributed by atoms with E-state index < -0.39 is 53.0 Å². The molecule has 4 rings (SSSR count). The molecule has 1 aliphatic rings. The average molecular weight is 512 g/mol. The van der Waals surface area contributed by atoms with Crippen molar-refractivity contribution in [1.29, 1.82) is 0 Å². The third-order valence-corrected chi connectivity index (χ3v) is 6.76. The Morgan fingerprint density at radius 1 is 1.03 bits per heavy atom. The fourth-order valence-corrected chi connectivity index (χ4v) is 3.86. The van der Waals surface area contributed by atoms with Crippen molar-refractivity contribution in [2.24, 2.45) is 14.1 Å². The summed E-state index contributed by atoms with van der Waals surface area (Å²) in [6, 6.07) is 4.78. The minimum atomic E-state index is -4.93. The summed E-state index contributed by atoms with van der Waals surface area (Å²) in [6.45, 7) is 7.48. The molecule has 186 valence electrons. The van der Waals surface area contributed by atoms with Crippen molar-refractivity contribution in [3.8, 4) is 0 Å². The van der Waals surface area contributed by atoms with Crippen LogP contribution >= 0.6 is 11.6 Å². The number of nitrogens with one attached hydrogen (secondary N) is 1. The molecule has 0 aliphatic carbocycles. The first-order chi connectivity index (χ1) is 16.0. The van der Waals surface area contributed by atoms with Gasteiger partial charge in [0.25, 0.3) is 5.56 Å². The van der Waals surface area contributed by atoms with Crippen LogP contribution in [0.15, 0.2) is 27.8 Å². The summed E-state index contributed by atoms with van der Waals surface area (Å²) in [4.78, 5) is 32.2. The maximum Gasteiger partial charge on any atom is 0.496 e. The van der Waals surface area contributed by atoms with Gasteiger partial charge in [-0.25, -0.2) is 14.8 Å². The standard InChI is InChI=1S/C21H22BClF3N5O4/c1-19(2)20(3,4)35-22(34-19)10-8-7-9-11(13(10)23)27-14-12-15(29-17(28-14)21(24,25)26)30(5)18(33)31(6)16(12)32/h7-9H,1-6H3,(H,27,28,29). The molecule has 1 N–H and O–H groups in total. The molecule has 9 nitrogen and oxygen atoms in total. The Bertz CT molecular complexity index is 1450. The molecule has 1 aromatic carbocycles. The lowest BCUT2D eigenvalue weighted by Gasteiger charge is -2.32. The second-order valence-corrected chi connectivity index (χ2v) is 9.60. The van der Waals surface area contributed by atoms with Gasteiger partial charge in [0.05, 0.1) is 21.9 Å². The van der Waals surface area contributed by atoms with Gasteiger partial charge in [-0.2, -0.15) is 13.2 Å². The molecule has 0 amide bonds. The number of halogens is 4. The number of alkyl halides is 3. The van der Waals surface area contributed by atoms with E-state index in [1.165, 1.54) is 20.2 Å². The van der Waals surface area contributed by atoms with Crippen LogP contribution in [0, 0.1) is 0 Å². The quantitative estimate of drug-likeness (QED) is 0.540. The van der Waals surface area contributed by atoms with E-state index in [-0.39, 0.29) is 16.1 Å². The Kier molecular flexibility index (Phi) is 5.81. The van der Waals surface area contributed by atoms with E-state index in [2.05, 4.69) is 15.3 Å². The van der Waals surface area contributed by atoms with Crippen LogP contribution in [0.25, 0.3) is 11.0 Å². The molecule has 0 radical (unpaired) electrons. The van der Waals surface area contributed by atoms with Gasteiger partial charge in [-0.15, -0.1) is 0 Å². The molecule has 35 heavy (non-hydrogen) atoms. The number of aromatic nitrogens is 4. The van der Waals surface area contributed by atoms with Crippen molar-refractivity contribution in [2.45, 2.75) is 45.1 Å². The molecule has 0 spiro atoms. The lowest BCUT2D eigenvalue weighted by molar-refractivity contribution is -0.144. The van der Waals surface area contributed by atoms with Gasteiger partial charge in [0.1, 0.15) is 11.2 Å². The number of nitrogens with zero attached hydrogens (tertiary/aromatic N) is 4. The number of hydrogen-bond donors (Lipinski definition) is 1. The zero-order chi connectivity index (χ0) is 26.1. The van der Waals surface area contributed by atoms with E-state index in [9.17, 15) is 22.8 Å². The summed E-state index contributed by atoms with van der Waals surface area (Å²) >= 11 is 6.61. The Morgan fingerprint density at radius 3 is 2.20 bits per heavy atom. The van der Waals surface area contributed by atoms with E-state index in [0.717, 1.165) is 9.13 Å². The summed E-state index contributed by atoms with van der Waals surface area (Å²) in [5.41, 5.74) is -2.87. The monoisotopic (exact) mass is 511 g/mol. The Morgan fingerprint density at radius 2 is 1.63 bits per heavy atom. The van der Waals surface area contributed by atoms with Crippen LogP contribution < -0.4 is 22.0 Å². The van der Waals surface area contributed by atoms with Crippen molar-refractivity contribution >= 4 is 46.7 Å². The van der Waals surface area contributed by atoms with Crippen LogP contribution in [0.5, 0.6) is 0 Å². The Hall–Kier alpha value is -2.90. The van der Waals surface area contributed by atoms with Crippen molar-refractivity contribution in [1.82, 2.24) is 19.1 Å². The molecule has 1 saturated heterocycles. The summed E-state index contributed by atoms with van der Waals surface area (Å²) in [5.74, 6) is -1.97. The van der Waals surface area contributed by atoms with Crippen LogP contribution in [0.4, 0.5) is 24.7 Å². The fourth-order valence-electron chi connectivity index (χ4n) is 3.60. The van der Waals surface area contributed by atoms with E-state index in [1.807, 2.05) is 27.7 Å². The second-order valence-electron chi connectivity index (χ2n) is 9.22.